The first-order valence-electron chi connectivity index (χ1n) is 7.27. The molecular weight excluding hydrogens is 264 g/mol. The summed E-state index contributed by atoms with van der Waals surface area (Å²) in [5.74, 6) is 1.50. The van der Waals surface area contributed by atoms with E-state index in [0.717, 1.165) is 12.3 Å². The van der Waals surface area contributed by atoms with Gasteiger partial charge in [-0.2, -0.15) is 12.7 Å². The molecule has 19 heavy (non-hydrogen) atoms. The zero-order valence-corrected chi connectivity index (χ0v) is 13.0. The number of rotatable bonds is 8. The van der Waals surface area contributed by atoms with Gasteiger partial charge in [-0.25, -0.2) is 4.72 Å². The molecule has 1 aliphatic rings. The van der Waals surface area contributed by atoms with E-state index >= 15 is 0 Å². The molecule has 1 rings (SSSR count). The SMILES string of the molecule is CC1CCC(CCNS(=O)(=O)N(C)CCCO)CC1. The van der Waals surface area contributed by atoms with Crippen molar-refractivity contribution >= 4 is 10.2 Å². The van der Waals surface area contributed by atoms with Crippen LogP contribution in [0.2, 0.25) is 0 Å². The van der Waals surface area contributed by atoms with Crippen LogP contribution in [0.5, 0.6) is 0 Å². The third kappa shape index (κ3) is 6.21. The monoisotopic (exact) mass is 292 g/mol. The van der Waals surface area contributed by atoms with Crippen LogP contribution in [0.1, 0.15) is 45.4 Å². The number of hydrogen-bond donors (Lipinski definition) is 2. The lowest BCUT2D eigenvalue weighted by atomic mass is 9.81. The van der Waals surface area contributed by atoms with Gasteiger partial charge in [-0.3, -0.25) is 0 Å². The van der Waals surface area contributed by atoms with Crippen molar-refractivity contribution in [2.24, 2.45) is 11.8 Å². The van der Waals surface area contributed by atoms with Crippen LogP contribution in [-0.4, -0.2) is 44.6 Å². The van der Waals surface area contributed by atoms with E-state index in [1.807, 2.05) is 0 Å². The number of aliphatic hydroxyl groups is 1. The van der Waals surface area contributed by atoms with Gasteiger partial charge in [0.2, 0.25) is 0 Å². The van der Waals surface area contributed by atoms with E-state index in [4.69, 9.17) is 5.11 Å². The third-order valence-electron chi connectivity index (χ3n) is 4.01. The molecule has 0 aromatic heterocycles. The van der Waals surface area contributed by atoms with Crippen LogP contribution in [0, 0.1) is 11.8 Å². The Bertz CT molecular complexity index is 338. The van der Waals surface area contributed by atoms with E-state index in [1.54, 1.807) is 7.05 Å². The molecule has 0 heterocycles. The summed E-state index contributed by atoms with van der Waals surface area (Å²) in [4.78, 5) is 0. The van der Waals surface area contributed by atoms with Gasteiger partial charge in [-0.1, -0.05) is 32.6 Å². The fourth-order valence-electron chi connectivity index (χ4n) is 2.53. The number of nitrogens with one attached hydrogen (secondary N) is 1. The maximum Gasteiger partial charge on any atom is 0.279 e. The van der Waals surface area contributed by atoms with Crippen molar-refractivity contribution < 1.29 is 13.5 Å². The number of hydrogen-bond acceptors (Lipinski definition) is 3. The highest BCUT2D eigenvalue weighted by Crippen LogP contribution is 2.29. The van der Waals surface area contributed by atoms with Crippen molar-refractivity contribution in [1.29, 1.82) is 0 Å². The molecule has 0 aromatic rings. The largest absolute Gasteiger partial charge is 0.396 e. The average Bonchev–Trinajstić information content (AvgIpc) is 2.38. The van der Waals surface area contributed by atoms with E-state index in [1.165, 1.54) is 30.0 Å². The Kier molecular flexibility index (Phi) is 7.28. The van der Waals surface area contributed by atoms with Crippen molar-refractivity contribution in [3.8, 4) is 0 Å². The van der Waals surface area contributed by atoms with Crippen LogP contribution in [0.15, 0.2) is 0 Å². The van der Waals surface area contributed by atoms with Gasteiger partial charge in [-0.15, -0.1) is 0 Å². The van der Waals surface area contributed by atoms with Crippen LogP contribution in [0.4, 0.5) is 0 Å². The van der Waals surface area contributed by atoms with Gasteiger partial charge in [0.1, 0.15) is 0 Å². The highest BCUT2D eigenvalue weighted by molar-refractivity contribution is 7.87. The second-order valence-corrected chi connectivity index (χ2v) is 7.57. The Hall–Kier alpha value is -0.170. The zero-order chi connectivity index (χ0) is 14.3. The average molecular weight is 292 g/mol. The summed E-state index contributed by atoms with van der Waals surface area (Å²) >= 11 is 0. The highest BCUT2D eigenvalue weighted by Gasteiger charge is 2.20. The summed E-state index contributed by atoms with van der Waals surface area (Å²) in [6, 6.07) is 0. The van der Waals surface area contributed by atoms with Crippen molar-refractivity contribution in [1.82, 2.24) is 9.03 Å². The minimum atomic E-state index is -3.37. The van der Waals surface area contributed by atoms with Crippen LogP contribution in [-0.2, 0) is 10.2 Å². The Morgan fingerprint density at radius 2 is 1.89 bits per heavy atom. The molecule has 0 unspecified atom stereocenters. The lowest BCUT2D eigenvalue weighted by Crippen LogP contribution is -2.39. The lowest BCUT2D eigenvalue weighted by molar-refractivity contribution is 0.273. The molecule has 0 amide bonds. The second-order valence-electron chi connectivity index (χ2n) is 5.71. The number of aliphatic hydroxyl groups excluding tert-OH is 1. The highest BCUT2D eigenvalue weighted by atomic mass is 32.2. The quantitative estimate of drug-likeness (QED) is 0.709. The summed E-state index contributed by atoms with van der Waals surface area (Å²) in [5.41, 5.74) is 0. The molecule has 0 aliphatic heterocycles. The van der Waals surface area contributed by atoms with E-state index in [0.29, 0.717) is 25.4 Å². The Labute approximate surface area is 117 Å². The van der Waals surface area contributed by atoms with Gasteiger partial charge in [0, 0.05) is 26.7 Å². The van der Waals surface area contributed by atoms with Gasteiger partial charge in [0.15, 0.2) is 0 Å². The lowest BCUT2D eigenvalue weighted by Gasteiger charge is -2.26. The molecule has 0 atom stereocenters. The van der Waals surface area contributed by atoms with Gasteiger partial charge in [-0.05, 0) is 24.7 Å². The summed E-state index contributed by atoms with van der Waals surface area (Å²) in [6.45, 7) is 3.17. The maximum atomic E-state index is 11.9. The summed E-state index contributed by atoms with van der Waals surface area (Å²) in [7, 11) is -1.83. The Morgan fingerprint density at radius 3 is 2.47 bits per heavy atom. The van der Waals surface area contributed by atoms with Crippen LogP contribution >= 0.6 is 0 Å². The normalized spacial score (nSPS) is 24.8. The van der Waals surface area contributed by atoms with E-state index in [9.17, 15) is 8.42 Å². The first-order valence-corrected chi connectivity index (χ1v) is 8.71. The molecular formula is C13H28N2O3S. The third-order valence-corrected chi connectivity index (χ3v) is 5.59. The van der Waals surface area contributed by atoms with Crippen LogP contribution in [0.3, 0.4) is 0 Å². The predicted molar refractivity (Wildman–Crippen MR) is 77.0 cm³/mol. The van der Waals surface area contributed by atoms with E-state index < -0.39 is 10.2 Å². The summed E-state index contributed by atoms with van der Waals surface area (Å²) in [5, 5.41) is 8.71. The first-order chi connectivity index (χ1) is 8.95. The van der Waals surface area contributed by atoms with Crippen molar-refractivity contribution in [2.45, 2.75) is 45.4 Å². The molecule has 0 radical (unpaired) electrons. The topological polar surface area (TPSA) is 69.6 Å². The minimum Gasteiger partial charge on any atom is -0.396 e. The van der Waals surface area contributed by atoms with Crippen molar-refractivity contribution in [3.05, 3.63) is 0 Å². The molecule has 0 aromatic carbocycles. The van der Waals surface area contributed by atoms with Crippen molar-refractivity contribution in [3.63, 3.8) is 0 Å². The molecule has 6 heteroatoms. The van der Waals surface area contributed by atoms with E-state index in [2.05, 4.69) is 11.6 Å². The molecule has 5 nitrogen and oxygen atoms in total. The molecule has 0 saturated heterocycles. The molecule has 114 valence electrons. The Morgan fingerprint density at radius 1 is 1.26 bits per heavy atom. The van der Waals surface area contributed by atoms with Gasteiger partial charge in [0.05, 0.1) is 0 Å². The molecule has 1 aliphatic carbocycles. The molecule has 0 spiro atoms. The Balaban J connectivity index is 2.23. The smallest absolute Gasteiger partial charge is 0.279 e. The van der Waals surface area contributed by atoms with Gasteiger partial charge < -0.3 is 5.11 Å². The standard InChI is InChI=1S/C13H28N2O3S/c1-12-4-6-13(7-5-12)8-9-14-19(17,18)15(2)10-3-11-16/h12-14,16H,3-11H2,1-2H3. The molecule has 2 N–H and O–H groups in total. The molecule has 1 fully saturated rings. The van der Waals surface area contributed by atoms with Gasteiger partial charge >= 0.3 is 0 Å². The van der Waals surface area contributed by atoms with Gasteiger partial charge in [0.25, 0.3) is 10.2 Å². The first kappa shape index (κ1) is 16.9. The zero-order valence-electron chi connectivity index (χ0n) is 12.1. The fourth-order valence-corrected chi connectivity index (χ4v) is 3.50. The fraction of sp³-hybridized carbons (Fsp3) is 1.00. The van der Waals surface area contributed by atoms with E-state index in [-0.39, 0.29) is 6.61 Å². The minimum absolute atomic E-state index is 0.0140. The van der Waals surface area contributed by atoms with Crippen LogP contribution < -0.4 is 4.72 Å². The summed E-state index contributed by atoms with van der Waals surface area (Å²) in [6.07, 6.45) is 6.39. The maximum absolute atomic E-state index is 11.9. The predicted octanol–water partition coefficient (Wildman–Crippen LogP) is 1.35. The second kappa shape index (κ2) is 8.19. The molecule has 1 saturated carbocycles. The van der Waals surface area contributed by atoms with Crippen LogP contribution in [0.25, 0.3) is 0 Å². The van der Waals surface area contributed by atoms with Crippen molar-refractivity contribution in [2.75, 3.05) is 26.7 Å². The summed E-state index contributed by atoms with van der Waals surface area (Å²) < 4.78 is 27.6. The molecule has 0 bridgehead atoms. The number of nitrogens with zero attached hydrogens (tertiary/aromatic N) is 1.